The molecule has 0 N–H and O–H groups in total. The molecule has 1 aromatic carbocycles. The molecule has 5 heteroatoms. The van der Waals surface area contributed by atoms with E-state index in [1.54, 1.807) is 0 Å². The maximum Gasteiger partial charge on any atom is 0.0951 e. The van der Waals surface area contributed by atoms with E-state index < -0.39 is 0 Å². The summed E-state index contributed by atoms with van der Waals surface area (Å²) in [4.78, 5) is 13.3. The molecular formula is C21H27N5. The average Bonchev–Trinajstić information content (AvgIpc) is 3.08. The van der Waals surface area contributed by atoms with Crippen LogP contribution in [0.4, 0.5) is 0 Å². The van der Waals surface area contributed by atoms with Crippen LogP contribution in [0, 0.1) is 0 Å². The van der Waals surface area contributed by atoms with E-state index in [9.17, 15) is 0 Å². The molecule has 26 heavy (non-hydrogen) atoms. The highest BCUT2D eigenvalue weighted by molar-refractivity contribution is 5.16. The lowest BCUT2D eigenvalue weighted by Crippen LogP contribution is -2.31. The van der Waals surface area contributed by atoms with Crippen molar-refractivity contribution in [3.63, 3.8) is 0 Å². The van der Waals surface area contributed by atoms with Crippen molar-refractivity contribution in [2.24, 2.45) is 0 Å². The lowest BCUT2D eigenvalue weighted by Gasteiger charge is -2.24. The zero-order valence-electron chi connectivity index (χ0n) is 15.6. The standard InChI is InChI=1S/C21H27N5/c1-24(2)11-12-25(15-20-9-6-10-22-13-20)17-21-14-23-18-26(21)16-19-7-4-3-5-8-19/h3-10,13-14,18H,11-12,15-17H2,1-2H3. The van der Waals surface area contributed by atoms with Gasteiger partial charge in [-0.05, 0) is 31.3 Å². The van der Waals surface area contributed by atoms with E-state index in [0.717, 1.165) is 32.7 Å². The Labute approximate surface area is 155 Å². The summed E-state index contributed by atoms with van der Waals surface area (Å²) in [6.45, 7) is 4.63. The van der Waals surface area contributed by atoms with Gasteiger partial charge in [-0.1, -0.05) is 36.4 Å². The van der Waals surface area contributed by atoms with Gasteiger partial charge in [0.05, 0.1) is 12.0 Å². The molecule has 0 aliphatic heterocycles. The summed E-state index contributed by atoms with van der Waals surface area (Å²) in [6, 6.07) is 14.7. The Morgan fingerprint density at radius 1 is 0.846 bits per heavy atom. The Morgan fingerprint density at radius 2 is 1.65 bits per heavy atom. The number of nitrogens with zero attached hydrogens (tertiary/aromatic N) is 5. The number of benzene rings is 1. The van der Waals surface area contributed by atoms with Gasteiger partial charge in [0.2, 0.25) is 0 Å². The summed E-state index contributed by atoms with van der Waals surface area (Å²) in [7, 11) is 4.23. The van der Waals surface area contributed by atoms with Crippen molar-refractivity contribution < 1.29 is 0 Å². The second kappa shape index (κ2) is 9.27. The maximum atomic E-state index is 4.39. The van der Waals surface area contributed by atoms with E-state index in [2.05, 4.69) is 74.8 Å². The molecule has 3 aromatic rings. The summed E-state index contributed by atoms with van der Waals surface area (Å²) in [5.74, 6) is 0. The van der Waals surface area contributed by atoms with Crippen molar-refractivity contribution in [2.75, 3.05) is 27.2 Å². The van der Waals surface area contributed by atoms with Gasteiger partial charge < -0.3 is 9.47 Å². The van der Waals surface area contributed by atoms with E-state index in [4.69, 9.17) is 0 Å². The van der Waals surface area contributed by atoms with Crippen molar-refractivity contribution >= 4 is 0 Å². The van der Waals surface area contributed by atoms with E-state index in [-0.39, 0.29) is 0 Å². The molecule has 0 aliphatic rings. The van der Waals surface area contributed by atoms with Crippen molar-refractivity contribution in [2.45, 2.75) is 19.6 Å². The fourth-order valence-corrected chi connectivity index (χ4v) is 2.94. The van der Waals surface area contributed by atoms with Gasteiger partial charge in [-0.3, -0.25) is 9.88 Å². The molecule has 0 saturated heterocycles. The van der Waals surface area contributed by atoms with Gasteiger partial charge >= 0.3 is 0 Å². The Morgan fingerprint density at radius 3 is 2.38 bits per heavy atom. The summed E-state index contributed by atoms with van der Waals surface area (Å²) in [5.41, 5.74) is 3.76. The Hall–Kier alpha value is -2.50. The number of pyridine rings is 1. The number of rotatable bonds is 9. The zero-order valence-corrected chi connectivity index (χ0v) is 15.6. The molecule has 5 nitrogen and oxygen atoms in total. The van der Waals surface area contributed by atoms with Crippen LogP contribution in [0.5, 0.6) is 0 Å². The topological polar surface area (TPSA) is 37.2 Å². The molecule has 2 heterocycles. The van der Waals surface area contributed by atoms with Gasteiger partial charge in [0.1, 0.15) is 0 Å². The fourth-order valence-electron chi connectivity index (χ4n) is 2.94. The molecule has 2 aromatic heterocycles. The first-order chi connectivity index (χ1) is 12.7. The molecule has 0 aliphatic carbocycles. The molecule has 0 atom stereocenters. The minimum absolute atomic E-state index is 0.852. The maximum absolute atomic E-state index is 4.39. The molecular weight excluding hydrogens is 322 g/mol. The Bertz CT molecular complexity index is 767. The van der Waals surface area contributed by atoms with Gasteiger partial charge in [-0.25, -0.2) is 4.98 Å². The summed E-state index contributed by atoms with van der Waals surface area (Å²) in [5, 5.41) is 0. The van der Waals surface area contributed by atoms with Gasteiger partial charge in [0, 0.05) is 51.3 Å². The first-order valence-electron chi connectivity index (χ1n) is 8.99. The van der Waals surface area contributed by atoms with Crippen LogP contribution in [0.3, 0.4) is 0 Å². The molecule has 0 fully saturated rings. The summed E-state index contributed by atoms with van der Waals surface area (Å²) >= 11 is 0. The third-order valence-electron chi connectivity index (χ3n) is 4.37. The zero-order chi connectivity index (χ0) is 18.2. The predicted molar refractivity (Wildman–Crippen MR) is 105 cm³/mol. The van der Waals surface area contributed by atoms with Crippen LogP contribution in [0.1, 0.15) is 16.8 Å². The smallest absolute Gasteiger partial charge is 0.0951 e. The van der Waals surface area contributed by atoms with Gasteiger partial charge in [-0.2, -0.15) is 0 Å². The van der Waals surface area contributed by atoms with Crippen LogP contribution in [-0.2, 0) is 19.6 Å². The molecule has 136 valence electrons. The van der Waals surface area contributed by atoms with Gasteiger partial charge in [0.25, 0.3) is 0 Å². The largest absolute Gasteiger partial charge is 0.329 e. The van der Waals surface area contributed by atoms with Gasteiger partial charge in [-0.15, -0.1) is 0 Å². The third-order valence-corrected chi connectivity index (χ3v) is 4.37. The SMILES string of the molecule is CN(C)CCN(Cc1cccnc1)Cc1cncn1Cc1ccccc1. The van der Waals surface area contributed by atoms with E-state index in [1.807, 2.05) is 31.0 Å². The molecule has 0 unspecified atom stereocenters. The third kappa shape index (κ3) is 5.51. The van der Waals surface area contributed by atoms with Crippen LogP contribution >= 0.6 is 0 Å². The van der Waals surface area contributed by atoms with Crippen molar-refractivity contribution in [1.29, 1.82) is 0 Å². The molecule has 0 amide bonds. The monoisotopic (exact) mass is 349 g/mol. The summed E-state index contributed by atoms with van der Waals surface area (Å²) in [6.07, 6.45) is 7.68. The quantitative estimate of drug-likeness (QED) is 0.595. The molecule has 0 radical (unpaired) electrons. The fraction of sp³-hybridized carbons (Fsp3) is 0.333. The lowest BCUT2D eigenvalue weighted by atomic mass is 10.2. The van der Waals surface area contributed by atoms with Crippen molar-refractivity contribution in [1.82, 2.24) is 24.3 Å². The van der Waals surface area contributed by atoms with Crippen LogP contribution < -0.4 is 0 Å². The first kappa shape index (κ1) is 18.3. The Kier molecular flexibility index (Phi) is 6.52. The van der Waals surface area contributed by atoms with Gasteiger partial charge in [0.15, 0.2) is 0 Å². The normalized spacial score (nSPS) is 11.4. The number of likely N-dealkylation sites (N-methyl/N-ethyl adjacent to an activating group) is 1. The molecule has 0 spiro atoms. The van der Waals surface area contributed by atoms with E-state index >= 15 is 0 Å². The van der Waals surface area contributed by atoms with Crippen molar-refractivity contribution in [3.8, 4) is 0 Å². The van der Waals surface area contributed by atoms with Crippen LogP contribution in [0.15, 0.2) is 67.4 Å². The minimum Gasteiger partial charge on any atom is -0.329 e. The van der Waals surface area contributed by atoms with E-state index in [1.165, 1.54) is 16.8 Å². The first-order valence-corrected chi connectivity index (χ1v) is 8.99. The van der Waals surface area contributed by atoms with Crippen LogP contribution in [0.2, 0.25) is 0 Å². The number of hydrogen-bond acceptors (Lipinski definition) is 4. The highest BCUT2D eigenvalue weighted by atomic mass is 15.2. The number of imidazole rings is 1. The second-order valence-corrected chi connectivity index (χ2v) is 6.87. The highest BCUT2D eigenvalue weighted by Crippen LogP contribution is 2.11. The average molecular weight is 349 g/mol. The molecule has 3 rings (SSSR count). The molecule has 0 bridgehead atoms. The van der Waals surface area contributed by atoms with Crippen molar-refractivity contribution in [3.05, 3.63) is 84.2 Å². The Balaban J connectivity index is 1.71. The number of hydrogen-bond donors (Lipinski definition) is 0. The van der Waals surface area contributed by atoms with Crippen LogP contribution in [-0.4, -0.2) is 51.5 Å². The molecule has 0 saturated carbocycles. The minimum atomic E-state index is 0.852. The van der Waals surface area contributed by atoms with E-state index in [0.29, 0.717) is 0 Å². The lowest BCUT2D eigenvalue weighted by molar-refractivity contribution is 0.221. The summed E-state index contributed by atoms with van der Waals surface area (Å²) < 4.78 is 2.24. The predicted octanol–water partition coefficient (Wildman–Crippen LogP) is 2.89. The number of aromatic nitrogens is 3. The second-order valence-electron chi connectivity index (χ2n) is 6.87. The highest BCUT2D eigenvalue weighted by Gasteiger charge is 2.11. The van der Waals surface area contributed by atoms with Crippen LogP contribution in [0.25, 0.3) is 0 Å².